The number of halogens is 3. The molecule has 0 aliphatic heterocycles. The molecule has 124 valence electrons. The van der Waals surface area contributed by atoms with Crippen LogP contribution in [0.1, 0.15) is 37.7 Å². The van der Waals surface area contributed by atoms with E-state index in [2.05, 4.69) is 5.32 Å². The predicted octanol–water partition coefficient (Wildman–Crippen LogP) is 2.95. The van der Waals surface area contributed by atoms with Gasteiger partial charge >= 0.3 is 0 Å². The highest BCUT2D eigenvalue weighted by molar-refractivity contribution is 5.85. The molecule has 0 spiro atoms. The molecule has 3 nitrogen and oxygen atoms in total. The number of benzene rings is 1. The number of nitrogens with one attached hydrogen (secondary N) is 1. The van der Waals surface area contributed by atoms with Crippen molar-refractivity contribution in [2.24, 2.45) is 11.7 Å². The van der Waals surface area contributed by atoms with Gasteiger partial charge in [0.25, 0.3) is 0 Å². The normalized spacial score (nSPS) is 16.7. The molecule has 1 fully saturated rings. The average molecular weight is 333 g/mol. The summed E-state index contributed by atoms with van der Waals surface area (Å²) in [4.78, 5) is 12.0. The first-order chi connectivity index (χ1) is 10.1. The van der Waals surface area contributed by atoms with Gasteiger partial charge in [-0.05, 0) is 30.9 Å². The Balaban J connectivity index is 0.00000242. The van der Waals surface area contributed by atoms with E-state index >= 15 is 0 Å². The smallest absolute Gasteiger partial charge is 0.224 e. The average Bonchev–Trinajstić information content (AvgIpc) is 2.49. The fraction of sp³-hybridized carbons (Fsp3) is 0.562. The van der Waals surface area contributed by atoms with Gasteiger partial charge in [0.15, 0.2) is 0 Å². The number of amides is 1. The van der Waals surface area contributed by atoms with E-state index in [0.29, 0.717) is 12.5 Å². The first-order valence-electron chi connectivity index (χ1n) is 7.54. The highest BCUT2D eigenvalue weighted by Crippen LogP contribution is 2.26. The maximum Gasteiger partial charge on any atom is 0.224 e. The van der Waals surface area contributed by atoms with Gasteiger partial charge in [0.1, 0.15) is 11.6 Å². The topological polar surface area (TPSA) is 55.1 Å². The fourth-order valence-corrected chi connectivity index (χ4v) is 3.03. The Kier molecular flexibility index (Phi) is 7.76. The van der Waals surface area contributed by atoms with Gasteiger partial charge in [-0.15, -0.1) is 12.4 Å². The molecule has 1 aliphatic rings. The van der Waals surface area contributed by atoms with Crippen molar-refractivity contribution in [2.45, 2.75) is 44.6 Å². The van der Waals surface area contributed by atoms with Gasteiger partial charge < -0.3 is 11.1 Å². The van der Waals surface area contributed by atoms with Gasteiger partial charge in [-0.1, -0.05) is 25.3 Å². The van der Waals surface area contributed by atoms with Crippen LogP contribution in [0, 0.1) is 17.6 Å². The molecular weight excluding hydrogens is 310 g/mol. The van der Waals surface area contributed by atoms with Gasteiger partial charge in [0, 0.05) is 18.2 Å². The minimum atomic E-state index is -0.688. The molecule has 1 saturated carbocycles. The van der Waals surface area contributed by atoms with Crippen molar-refractivity contribution in [3.63, 3.8) is 0 Å². The predicted molar refractivity (Wildman–Crippen MR) is 84.9 cm³/mol. The van der Waals surface area contributed by atoms with Crippen LogP contribution in [-0.4, -0.2) is 18.5 Å². The molecule has 6 heteroatoms. The van der Waals surface area contributed by atoms with Gasteiger partial charge in [-0.2, -0.15) is 0 Å². The molecule has 1 atom stereocenters. The number of nitrogens with two attached hydrogens (primary N) is 1. The summed E-state index contributed by atoms with van der Waals surface area (Å²) in [6.07, 6.45) is 5.34. The summed E-state index contributed by atoms with van der Waals surface area (Å²) in [6, 6.07) is 3.50. The third kappa shape index (κ3) is 4.92. The molecule has 0 bridgehead atoms. The van der Waals surface area contributed by atoms with Crippen molar-refractivity contribution >= 4 is 18.3 Å². The minimum absolute atomic E-state index is 0. The molecule has 22 heavy (non-hydrogen) atoms. The van der Waals surface area contributed by atoms with Crippen molar-refractivity contribution in [1.29, 1.82) is 0 Å². The van der Waals surface area contributed by atoms with Crippen LogP contribution < -0.4 is 11.1 Å². The molecule has 1 aromatic rings. The molecule has 1 amide bonds. The largest absolute Gasteiger partial charge is 0.352 e. The van der Waals surface area contributed by atoms with Crippen LogP contribution in [0.25, 0.3) is 0 Å². The second kappa shape index (κ2) is 9.06. The first-order valence-corrected chi connectivity index (χ1v) is 7.54. The van der Waals surface area contributed by atoms with Crippen LogP contribution >= 0.6 is 12.4 Å². The molecule has 0 radical (unpaired) electrons. The number of carbonyl (C=O) groups is 1. The van der Waals surface area contributed by atoms with Gasteiger partial charge in [0.05, 0.1) is 6.42 Å². The summed E-state index contributed by atoms with van der Waals surface area (Å²) in [5, 5.41) is 2.84. The van der Waals surface area contributed by atoms with E-state index < -0.39 is 11.6 Å². The number of carbonyl (C=O) groups excluding carboxylic acids is 1. The second-order valence-electron chi connectivity index (χ2n) is 5.68. The summed E-state index contributed by atoms with van der Waals surface area (Å²) < 4.78 is 27.1. The number of hydrogen-bond donors (Lipinski definition) is 2. The first kappa shape index (κ1) is 18.8. The molecular formula is C16H23ClF2N2O. The zero-order valence-corrected chi connectivity index (χ0v) is 13.3. The highest BCUT2D eigenvalue weighted by Gasteiger charge is 2.24. The molecule has 0 heterocycles. The second-order valence-corrected chi connectivity index (χ2v) is 5.68. The van der Waals surface area contributed by atoms with Crippen molar-refractivity contribution in [1.82, 2.24) is 5.32 Å². The van der Waals surface area contributed by atoms with E-state index in [4.69, 9.17) is 5.73 Å². The zero-order chi connectivity index (χ0) is 15.2. The van der Waals surface area contributed by atoms with Gasteiger partial charge in [-0.3, -0.25) is 4.79 Å². The SMILES string of the molecule is Cl.NCC(NC(=O)Cc1c(F)cccc1F)C1CCCCC1. The Morgan fingerprint density at radius 1 is 1.23 bits per heavy atom. The van der Waals surface area contributed by atoms with Crippen LogP contribution in [0.3, 0.4) is 0 Å². The van der Waals surface area contributed by atoms with Crippen LogP contribution in [-0.2, 0) is 11.2 Å². The molecule has 1 aliphatic carbocycles. The Bertz CT molecular complexity index is 473. The number of hydrogen-bond acceptors (Lipinski definition) is 2. The quantitative estimate of drug-likeness (QED) is 0.871. The van der Waals surface area contributed by atoms with Crippen molar-refractivity contribution in [3.8, 4) is 0 Å². The third-order valence-corrected chi connectivity index (χ3v) is 4.22. The van der Waals surface area contributed by atoms with E-state index in [9.17, 15) is 13.6 Å². The summed E-state index contributed by atoms with van der Waals surface area (Å²) in [6.45, 7) is 0.357. The number of rotatable bonds is 5. The summed E-state index contributed by atoms with van der Waals surface area (Å²) in [5.41, 5.74) is 5.56. The van der Waals surface area contributed by atoms with E-state index in [1.54, 1.807) is 0 Å². The summed E-state index contributed by atoms with van der Waals surface area (Å²) >= 11 is 0. The van der Waals surface area contributed by atoms with Crippen LogP contribution in [0.5, 0.6) is 0 Å². The Morgan fingerprint density at radius 3 is 2.36 bits per heavy atom. The minimum Gasteiger partial charge on any atom is -0.352 e. The monoisotopic (exact) mass is 332 g/mol. The van der Waals surface area contributed by atoms with E-state index in [-0.39, 0.29) is 36.3 Å². The standard InChI is InChI=1S/C16H22F2N2O.ClH/c17-13-7-4-8-14(18)12(13)9-16(21)20-15(10-19)11-5-2-1-3-6-11;/h4,7-8,11,15H,1-3,5-6,9-10,19H2,(H,20,21);1H. The third-order valence-electron chi connectivity index (χ3n) is 4.22. The molecule has 1 unspecified atom stereocenters. The van der Waals surface area contributed by atoms with Gasteiger partial charge in [0.2, 0.25) is 5.91 Å². The molecule has 0 saturated heterocycles. The van der Waals surface area contributed by atoms with E-state index in [1.165, 1.54) is 12.5 Å². The van der Waals surface area contributed by atoms with Crippen LogP contribution in [0.2, 0.25) is 0 Å². The lowest BCUT2D eigenvalue weighted by Gasteiger charge is -2.30. The summed E-state index contributed by atoms with van der Waals surface area (Å²) in [5.74, 6) is -1.38. The Morgan fingerprint density at radius 2 is 1.82 bits per heavy atom. The maximum absolute atomic E-state index is 13.5. The lowest BCUT2D eigenvalue weighted by molar-refractivity contribution is -0.121. The Labute approximate surface area is 136 Å². The van der Waals surface area contributed by atoms with Crippen molar-refractivity contribution in [2.75, 3.05) is 6.54 Å². The molecule has 3 N–H and O–H groups in total. The van der Waals surface area contributed by atoms with E-state index in [0.717, 1.165) is 37.8 Å². The zero-order valence-electron chi connectivity index (χ0n) is 12.5. The Hall–Kier alpha value is -1.20. The maximum atomic E-state index is 13.5. The van der Waals surface area contributed by atoms with Gasteiger partial charge in [-0.25, -0.2) is 8.78 Å². The highest BCUT2D eigenvalue weighted by atomic mass is 35.5. The fourth-order valence-electron chi connectivity index (χ4n) is 3.03. The lowest BCUT2D eigenvalue weighted by atomic mass is 9.84. The summed E-state index contributed by atoms with van der Waals surface area (Å²) in [7, 11) is 0. The van der Waals surface area contributed by atoms with Crippen LogP contribution in [0.4, 0.5) is 8.78 Å². The van der Waals surface area contributed by atoms with E-state index in [1.807, 2.05) is 0 Å². The van der Waals surface area contributed by atoms with Crippen molar-refractivity contribution < 1.29 is 13.6 Å². The van der Waals surface area contributed by atoms with Crippen LogP contribution in [0.15, 0.2) is 18.2 Å². The lowest BCUT2D eigenvalue weighted by Crippen LogP contribution is -2.46. The molecule has 0 aromatic heterocycles. The molecule has 2 rings (SSSR count). The van der Waals surface area contributed by atoms with Crippen molar-refractivity contribution in [3.05, 3.63) is 35.4 Å². The molecule has 1 aromatic carbocycles.